The molecule has 1 fully saturated rings. The molecule has 1 aliphatic carbocycles. The summed E-state index contributed by atoms with van der Waals surface area (Å²) >= 11 is 0. The lowest BCUT2D eigenvalue weighted by Gasteiger charge is -2.00. The van der Waals surface area contributed by atoms with E-state index in [9.17, 15) is 4.79 Å². The topological polar surface area (TPSA) is 41.5 Å². The summed E-state index contributed by atoms with van der Waals surface area (Å²) in [5.74, 6) is 0.413. The molecule has 106 valence electrons. The number of benzene rings is 2. The molecule has 1 saturated carbocycles. The Bertz CT molecular complexity index is 647. The minimum atomic E-state index is 0.00668. The monoisotopic (exact) mass is 278 g/mol. The van der Waals surface area contributed by atoms with E-state index in [1.807, 2.05) is 49.4 Å². The predicted molar refractivity (Wildman–Crippen MR) is 84.2 cm³/mol. The molecular weight excluding hydrogens is 260 g/mol. The molecule has 0 aromatic heterocycles. The van der Waals surface area contributed by atoms with E-state index in [2.05, 4.69) is 22.7 Å². The van der Waals surface area contributed by atoms with Crippen molar-refractivity contribution in [3.05, 3.63) is 71.3 Å². The zero-order chi connectivity index (χ0) is 14.7. The summed E-state index contributed by atoms with van der Waals surface area (Å²) in [6.45, 7) is 2.04. The molecule has 0 saturated heterocycles. The number of amides is 1. The van der Waals surface area contributed by atoms with Gasteiger partial charge in [-0.05, 0) is 30.4 Å². The molecule has 3 heteroatoms. The molecule has 2 aromatic rings. The summed E-state index contributed by atoms with van der Waals surface area (Å²) in [6.07, 6.45) is 2.59. The molecule has 0 aliphatic heterocycles. The van der Waals surface area contributed by atoms with Gasteiger partial charge in [0.1, 0.15) is 0 Å². The summed E-state index contributed by atoms with van der Waals surface area (Å²) < 4.78 is 0. The molecule has 0 heterocycles. The lowest BCUT2D eigenvalue weighted by molar-refractivity contribution is -0.122. The molecule has 2 aromatic carbocycles. The first-order valence-electron chi connectivity index (χ1n) is 7.18. The van der Waals surface area contributed by atoms with Crippen LogP contribution in [0.1, 0.15) is 29.0 Å². The number of hydrogen-bond acceptors (Lipinski definition) is 2. The maximum atomic E-state index is 12.0. The van der Waals surface area contributed by atoms with E-state index in [1.165, 1.54) is 11.1 Å². The third-order valence-electron chi connectivity index (χ3n) is 3.82. The second-order valence-electron chi connectivity index (χ2n) is 5.50. The number of carbonyl (C=O) groups is 1. The van der Waals surface area contributed by atoms with Crippen molar-refractivity contribution < 1.29 is 4.79 Å². The van der Waals surface area contributed by atoms with E-state index in [-0.39, 0.29) is 11.8 Å². The highest BCUT2D eigenvalue weighted by Crippen LogP contribution is 2.47. The van der Waals surface area contributed by atoms with Gasteiger partial charge in [0.15, 0.2) is 0 Å². The highest BCUT2D eigenvalue weighted by Gasteiger charge is 2.43. The van der Waals surface area contributed by atoms with E-state index in [4.69, 9.17) is 0 Å². The van der Waals surface area contributed by atoms with Crippen LogP contribution >= 0.6 is 0 Å². The van der Waals surface area contributed by atoms with Crippen LogP contribution in [0.15, 0.2) is 59.7 Å². The third-order valence-corrected chi connectivity index (χ3v) is 3.82. The molecule has 1 aliphatic rings. The SMILES string of the molecule is Cc1ccc(/C=N\NC(=O)[C@@H]2C[C@@H]2c2ccccc2)cc1. The first kappa shape index (κ1) is 13.6. The van der Waals surface area contributed by atoms with E-state index >= 15 is 0 Å². The standard InChI is InChI=1S/C18H18N2O/c1-13-7-9-14(10-8-13)12-19-20-18(21)17-11-16(17)15-5-3-2-4-6-15/h2-10,12,16-17H,11H2,1H3,(H,20,21)/b19-12-/t16-,17-/m1/s1. The molecule has 2 atom stereocenters. The second kappa shape index (κ2) is 5.92. The molecule has 1 amide bonds. The highest BCUT2D eigenvalue weighted by atomic mass is 16.2. The van der Waals surface area contributed by atoms with Gasteiger partial charge in [0, 0.05) is 5.92 Å². The van der Waals surface area contributed by atoms with Crippen molar-refractivity contribution in [3.8, 4) is 0 Å². The predicted octanol–water partition coefficient (Wildman–Crippen LogP) is 3.25. The lowest BCUT2D eigenvalue weighted by Crippen LogP contribution is -2.20. The molecule has 0 radical (unpaired) electrons. The summed E-state index contributed by atoms with van der Waals surface area (Å²) in [6, 6.07) is 18.2. The van der Waals surface area contributed by atoms with Crippen LogP contribution in [0.2, 0.25) is 0 Å². The van der Waals surface area contributed by atoms with Gasteiger partial charge in [-0.2, -0.15) is 5.10 Å². The Morgan fingerprint density at radius 2 is 1.86 bits per heavy atom. The van der Waals surface area contributed by atoms with Gasteiger partial charge < -0.3 is 0 Å². The van der Waals surface area contributed by atoms with Crippen LogP contribution < -0.4 is 5.43 Å². The molecule has 1 N–H and O–H groups in total. The summed E-state index contributed by atoms with van der Waals surface area (Å²) in [4.78, 5) is 12.0. The van der Waals surface area contributed by atoms with E-state index in [0.29, 0.717) is 5.92 Å². The van der Waals surface area contributed by atoms with Crippen LogP contribution in [0.4, 0.5) is 0 Å². The zero-order valence-corrected chi connectivity index (χ0v) is 12.0. The quantitative estimate of drug-likeness (QED) is 0.677. The number of hydrogen-bond donors (Lipinski definition) is 1. The molecule has 21 heavy (non-hydrogen) atoms. The number of aryl methyl sites for hydroxylation is 1. The first-order valence-corrected chi connectivity index (χ1v) is 7.18. The van der Waals surface area contributed by atoms with Crippen molar-refractivity contribution in [1.82, 2.24) is 5.43 Å². The average Bonchev–Trinajstić information content (AvgIpc) is 3.31. The maximum Gasteiger partial charge on any atom is 0.243 e. The average molecular weight is 278 g/mol. The fourth-order valence-electron chi connectivity index (χ4n) is 2.46. The highest BCUT2D eigenvalue weighted by molar-refractivity contribution is 5.85. The van der Waals surface area contributed by atoms with Crippen molar-refractivity contribution in [3.63, 3.8) is 0 Å². The Morgan fingerprint density at radius 3 is 2.57 bits per heavy atom. The molecular formula is C18H18N2O. The Morgan fingerprint density at radius 1 is 1.14 bits per heavy atom. The number of rotatable bonds is 4. The van der Waals surface area contributed by atoms with Crippen LogP contribution in [0.5, 0.6) is 0 Å². The minimum Gasteiger partial charge on any atom is -0.273 e. The first-order chi connectivity index (χ1) is 10.2. The van der Waals surface area contributed by atoms with Crippen LogP contribution in [0.3, 0.4) is 0 Å². The fourth-order valence-corrected chi connectivity index (χ4v) is 2.46. The van der Waals surface area contributed by atoms with Gasteiger partial charge in [0.2, 0.25) is 5.91 Å². The van der Waals surface area contributed by atoms with Crippen molar-refractivity contribution in [1.29, 1.82) is 0 Å². The van der Waals surface area contributed by atoms with Gasteiger partial charge in [-0.1, -0.05) is 60.2 Å². The van der Waals surface area contributed by atoms with Gasteiger partial charge in [-0.3, -0.25) is 4.79 Å². The van der Waals surface area contributed by atoms with Crippen LogP contribution in [-0.2, 0) is 4.79 Å². The number of nitrogens with one attached hydrogen (secondary N) is 1. The van der Waals surface area contributed by atoms with Crippen molar-refractivity contribution >= 4 is 12.1 Å². The maximum absolute atomic E-state index is 12.0. The summed E-state index contributed by atoms with van der Waals surface area (Å²) in [7, 11) is 0. The largest absolute Gasteiger partial charge is 0.273 e. The van der Waals surface area contributed by atoms with Crippen LogP contribution in [-0.4, -0.2) is 12.1 Å². The van der Waals surface area contributed by atoms with Gasteiger partial charge in [0.25, 0.3) is 0 Å². The van der Waals surface area contributed by atoms with Gasteiger partial charge >= 0.3 is 0 Å². The third kappa shape index (κ3) is 3.37. The zero-order valence-electron chi connectivity index (χ0n) is 12.0. The minimum absolute atomic E-state index is 0.00668. The number of hydrazone groups is 1. The van der Waals surface area contributed by atoms with Crippen molar-refractivity contribution in [2.45, 2.75) is 19.3 Å². The molecule has 0 unspecified atom stereocenters. The van der Waals surface area contributed by atoms with Crippen LogP contribution in [0, 0.1) is 12.8 Å². The van der Waals surface area contributed by atoms with Crippen LogP contribution in [0.25, 0.3) is 0 Å². The lowest BCUT2D eigenvalue weighted by atomic mass is 10.1. The molecule has 3 nitrogen and oxygen atoms in total. The summed E-state index contributed by atoms with van der Waals surface area (Å²) in [5, 5.41) is 4.04. The van der Waals surface area contributed by atoms with Gasteiger partial charge in [-0.15, -0.1) is 0 Å². The fraction of sp³-hybridized carbons (Fsp3) is 0.222. The Balaban J connectivity index is 1.53. The van der Waals surface area contributed by atoms with Crippen molar-refractivity contribution in [2.75, 3.05) is 0 Å². The molecule has 0 bridgehead atoms. The summed E-state index contributed by atoms with van der Waals surface area (Å²) in [5.41, 5.74) is 6.07. The van der Waals surface area contributed by atoms with E-state index in [1.54, 1.807) is 6.21 Å². The Labute approximate surface area is 124 Å². The number of nitrogens with zero attached hydrogens (tertiary/aromatic N) is 1. The van der Waals surface area contributed by atoms with E-state index in [0.717, 1.165) is 12.0 Å². The smallest absolute Gasteiger partial charge is 0.243 e. The van der Waals surface area contributed by atoms with Crippen molar-refractivity contribution in [2.24, 2.45) is 11.0 Å². The normalized spacial score (nSPS) is 20.4. The molecule has 3 rings (SSSR count). The molecule has 0 spiro atoms. The van der Waals surface area contributed by atoms with Gasteiger partial charge in [0.05, 0.1) is 6.21 Å². The number of carbonyl (C=O) groups excluding carboxylic acids is 1. The Kier molecular flexibility index (Phi) is 3.82. The van der Waals surface area contributed by atoms with E-state index < -0.39 is 0 Å². The second-order valence-corrected chi connectivity index (χ2v) is 5.50. The van der Waals surface area contributed by atoms with Gasteiger partial charge in [-0.25, -0.2) is 5.43 Å². The Hall–Kier alpha value is -2.42.